The Morgan fingerprint density at radius 2 is 2.10 bits per heavy atom. The van der Waals surface area contributed by atoms with E-state index in [1.54, 1.807) is 13.8 Å². The van der Waals surface area contributed by atoms with E-state index >= 15 is 0 Å². The summed E-state index contributed by atoms with van der Waals surface area (Å²) in [6.07, 6.45) is 5.93. The zero-order chi connectivity index (χ0) is 21.9. The van der Waals surface area contributed by atoms with Crippen LogP contribution in [0.3, 0.4) is 0 Å². The zero-order valence-electron chi connectivity index (χ0n) is 18.0. The van der Waals surface area contributed by atoms with Crippen LogP contribution in [-0.2, 0) is 7.05 Å². The number of fused-ring (bicyclic) bond motifs is 4. The van der Waals surface area contributed by atoms with E-state index in [1.807, 2.05) is 44.7 Å². The molecule has 4 heterocycles. The standard InChI is InChI=1S/C23H26N6O2/c1-23(2,12-30)27-22(31)13-5-6-19-15(7-13)17(11-28(19)3)18-8-16-20-14(10-25-29(20)4)9-24-21(16)26-18/h5-11,20,25-26,30H,12H2,1-4H3,(H,27,31). The highest BCUT2D eigenvalue weighted by Gasteiger charge is 2.32. The van der Waals surface area contributed by atoms with Gasteiger partial charge in [0, 0.05) is 71.6 Å². The second-order valence-electron chi connectivity index (χ2n) is 8.91. The molecule has 0 fully saturated rings. The molecule has 0 saturated heterocycles. The molecule has 0 saturated carbocycles. The van der Waals surface area contributed by atoms with Gasteiger partial charge in [0.15, 0.2) is 0 Å². The molecule has 1 amide bonds. The fourth-order valence-corrected chi connectivity index (χ4v) is 4.28. The topological polar surface area (TPSA) is 97.7 Å². The van der Waals surface area contributed by atoms with Crippen molar-refractivity contribution >= 4 is 28.8 Å². The maximum absolute atomic E-state index is 12.8. The summed E-state index contributed by atoms with van der Waals surface area (Å²) in [5, 5.41) is 15.4. The van der Waals surface area contributed by atoms with Crippen molar-refractivity contribution in [2.45, 2.75) is 25.4 Å². The largest absolute Gasteiger partial charge is 0.394 e. The van der Waals surface area contributed by atoms with Gasteiger partial charge < -0.3 is 25.4 Å². The highest BCUT2D eigenvalue weighted by Crippen LogP contribution is 2.42. The van der Waals surface area contributed by atoms with Crippen LogP contribution in [0.15, 0.2) is 47.2 Å². The Kier molecular flexibility index (Phi) is 4.32. The molecule has 1 atom stereocenters. The van der Waals surface area contributed by atoms with Gasteiger partial charge >= 0.3 is 0 Å². The van der Waals surface area contributed by atoms with Gasteiger partial charge in [0.2, 0.25) is 0 Å². The number of hydrogen-bond acceptors (Lipinski definition) is 5. The first-order valence-electron chi connectivity index (χ1n) is 10.3. The Morgan fingerprint density at radius 1 is 1.29 bits per heavy atom. The third-order valence-electron chi connectivity index (χ3n) is 5.99. The summed E-state index contributed by atoms with van der Waals surface area (Å²) in [6, 6.07) is 7.94. The van der Waals surface area contributed by atoms with E-state index in [1.165, 1.54) is 0 Å². The van der Waals surface area contributed by atoms with Crippen LogP contribution in [0.5, 0.6) is 0 Å². The normalized spacial score (nSPS) is 18.0. The van der Waals surface area contributed by atoms with Crippen molar-refractivity contribution in [3.63, 3.8) is 0 Å². The number of likely N-dealkylation sites (N-methyl/N-ethyl adjacent to an activating group) is 1. The number of carbonyl (C=O) groups is 1. The average Bonchev–Trinajstić information content (AvgIpc) is 3.42. The minimum Gasteiger partial charge on any atom is -0.394 e. The van der Waals surface area contributed by atoms with Crippen molar-refractivity contribution in [2.75, 3.05) is 13.7 Å². The first-order chi connectivity index (χ1) is 14.8. The number of aliphatic imine (C=N–C) groups is 1. The molecule has 4 N–H and O–H groups in total. The number of aliphatic hydroxyl groups excluding tert-OH is 1. The SMILES string of the molecule is CN1NC=C2C=Nc3[nH]c(-c4cn(C)c5ccc(C(=O)NC(C)(C)CO)cc45)cc3C21. The summed E-state index contributed by atoms with van der Waals surface area (Å²) in [5.41, 5.74) is 8.35. The number of amides is 1. The Hall–Kier alpha value is -3.36. The fourth-order valence-electron chi connectivity index (χ4n) is 4.28. The second-order valence-corrected chi connectivity index (χ2v) is 8.91. The summed E-state index contributed by atoms with van der Waals surface area (Å²) in [5.74, 6) is 0.642. The molecule has 3 aromatic rings. The number of rotatable bonds is 4. The highest BCUT2D eigenvalue weighted by molar-refractivity contribution is 6.03. The number of carbonyl (C=O) groups excluding carboxylic acids is 1. The van der Waals surface area contributed by atoms with E-state index in [4.69, 9.17) is 0 Å². The van der Waals surface area contributed by atoms with Crippen LogP contribution >= 0.6 is 0 Å². The number of aryl methyl sites for hydroxylation is 1. The molecule has 1 unspecified atom stereocenters. The molecule has 1 aromatic carbocycles. The summed E-state index contributed by atoms with van der Waals surface area (Å²) in [6.45, 7) is 3.45. The smallest absolute Gasteiger partial charge is 0.251 e. The molecule has 2 aromatic heterocycles. The molecule has 2 aliphatic heterocycles. The summed E-state index contributed by atoms with van der Waals surface area (Å²) in [4.78, 5) is 20.8. The number of hydrazine groups is 1. The quantitative estimate of drug-likeness (QED) is 0.524. The summed E-state index contributed by atoms with van der Waals surface area (Å²) < 4.78 is 2.06. The van der Waals surface area contributed by atoms with Crippen LogP contribution < -0.4 is 10.7 Å². The van der Waals surface area contributed by atoms with Crippen molar-refractivity contribution in [1.82, 2.24) is 25.3 Å². The lowest BCUT2D eigenvalue weighted by Crippen LogP contribution is -2.46. The van der Waals surface area contributed by atoms with E-state index in [9.17, 15) is 9.90 Å². The van der Waals surface area contributed by atoms with Gasteiger partial charge in [-0.3, -0.25) is 4.79 Å². The predicted octanol–water partition coefficient (Wildman–Crippen LogP) is 2.77. The van der Waals surface area contributed by atoms with Gasteiger partial charge in [-0.05, 0) is 38.1 Å². The van der Waals surface area contributed by atoms with Gasteiger partial charge in [-0.1, -0.05) is 0 Å². The maximum Gasteiger partial charge on any atom is 0.251 e. The Labute approximate surface area is 180 Å². The number of aliphatic hydroxyl groups is 1. The number of hydrogen-bond donors (Lipinski definition) is 4. The Morgan fingerprint density at radius 3 is 2.87 bits per heavy atom. The molecule has 5 rings (SSSR count). The van der Waals surface area contributed by atoms with Gasteiger partial charge in [-0.25, -0.2) is 10.0 Å². The molecule has 0 bridgehead atoms. The first kappa shape index (κ1) is 19.6. The van der Waals surface area contributed by atoms with Crippen molar-refractivity contribution < 1.29 is 9.90 Å². The molecule has 0 aliphatic carbocycles. The Bertz CT molecular complexity index is 1260. The number of H-pyrrole nitrogens is 1. The van der Waals surface area contributed by atoms with E-state index < -0.39 is 5.54 Å². The van der Waals surface area contributed by atoms with Gasteiger partial charge in [0.25, 0.3) is 5.91 Å². The molecular weight excluding hydrogens is 392 g/mol. The highest BCUT2D eigenvalue weighted by atomic mass is 16.3. The maximum atomic E-state index is 12.8. The van der Waals surface area contributed by atoms with Crippen LogP contribution in [0.4, 0.5) is 5.82 Å². The molecule has 8 nitrogen and oxygen atoms in total. The second kappa shape index (κ2) is 6.83. The van der Waals surface area contributed by atoms with Crippen LogP contribution in [-0.4, -0.2) is 51.0 Å². The minimum absolute atomic E-state index is 0.120. The van der Waals surface area contributed by atoms with Crippen molar-refractivity contribution in [3.05, 3.63) is 53.4 Å². The fraction of sp³-hybridized carbons (Fsp3) is 0.304. The first-order valence-corrected chi connectivity index (χ1v) is 10.3. The van der Waals surface area contributed by atoms with Crippen LogP contribution in [0.1, 0.15) is 35.8 Å². The lowest BCUT2D eigenvalue weighted by molar-refractivity contribution is 0.0869. The van der Waals surface area contributed by atoms with E-state index in [0.29, 0.717) is 5.56 Å². The van der Waals surface area contributed by atoms with E-state index in [-0.39, 0.29) is 18.6 Å². The third kappa shape index (κ3) is 3.15. The zero-order valence-corrected chi connectivity index (χ0v) is 18.0. The number of nitrogens with one attached hydrogen (secondary N) is 3. The molecule has 8 heteroatoms. The molecule has 0 spiro atoms. The lowest BCUT2D eigenvalue weighted by Gasteiger charge is -2.23. The molecule has 31 heavy (non-hydrogen) atoms. The van der Waals surface area contributed by atoms with Gasteiger partial charge in [0.1, 0.15) is 5.82 Å². The lowest BCUT2D eigenvalue weighted by atomic mass is 9.99. The van der Waals surface area contributed by atoms with Crippen molar-refractivity contribution in [1.29, 1.82) is 0 Å². The Balaban J connectivity index is 1.57. The number of benzene rings is 1. The van der Waals surface area contributed by atoms with Crippen LogP contribution in [0.25, 0.3) is 22.2 Å². The van der Waals surface area contributed by atoms with E-state index in [0.717, 1.165) is 39.1 Å². The molecule has 160 valence electrons. The number of nitrogens with zero attached hydrogens (tertiary/aromatic N) is 3. The minimum atomic E-state index is -0.686. The van der Waals surface area contributed by atoms with Gasteiger partial charge in [-0.2, -0.15) is 0 Å². The number of aromatic amines is 1. The van der Waals surface area contributed by atoms with Gasteiger partial charge in [-0.15, -0.1) is 0 Å². The molecular formula is C23H26N6O2. The predicted molar refractivity (Wildman–Crippen MR) is 121 cm³/mol. The van der Waals surface area contributed by atoms with Crippen molar-refractivity contribution in [3.8, 4) is 11.3 Å². The summed E-state index contributed by atoms with van der Waals surface area (Å²) >= 11 is 0. The summed E-state index contributed by atoms with van der Waals surface area (Å²) in [7, 11) is 4.01. The molecule has 2 aliphatic rings. The van der Waals surface area contributed by atoms with Gasteiger partial charge in [0.05, 0.1) is 18.2 Å². The monoisotopic (exact) mass is 418 g/mol. The number of aromatic nitrogens is 2. The third-order valence-corrected chi connectivity index (χ3v) is 5.99. The molecule has 0 radical (unpaired) electrons. The average molecular weight is 419 g/mol. The van der Waals surface area contributed by atoms with Crippen LogP contribution in [0.2, 0.25) is 0 Å². The van der Waals surface area contributed by atoms with Crippen molar-refractivity contribution in [2.24, 2.45) is 12.0 Å². The van der Waals surface area contributed by atoms with Crippen LogP contribution in [0, 0.1) is 0 Å². The van der Waals surface area contributed by atoms with E-state index in [2.05, 4.69) is 42.6 Å².